The molecule has 0 saturated heterocycles. The van der Waals surface area contributed by atoms with Crippen LogP contribution in [0.15, 0.2) is 84.0 Å². The standard InChI is InChI=1S/C27H25N3O4S/c1-32-23-14-20(15-24(33-2)26(23)34-3)28-25(31)17-35-27-29-21(18-10-6-4-7-11-18)16-22(30-27)19-12-8-5-9-13-19/h4-16H,17H2,1-3H3,(H,28,31). The molecule has 1 heterocycles. The Morgan fingerprint density at radius 3 is 1.74 bits per heavy atom. The molecule has 0 bridgehead atoms. The van der Waals surface area contributed by atoms with Gasteiger partial charge in [0.25, 0.3) is 0 Å². The highest BCUT2D eigenvalue weighted by molar-refractivity contribution is 7.99. The van der Waals surface area contributed by atoms with Crippen molar-refractivity contribution < 1.29 is 19.0 Å². The van der Waals surface area contributed by atoms with Gasteiger partial charge in [0, 0.05) is 28.9 Å². The summed E-state index contributed by atoms with van der Waals surface area (Å²) >= 11 is 1.27. The van der Waals surface area contributed by atoms with Crippen molar-refractivity contribution in [1.82, 2.24) is 9.97 Å². The topological polar surface area (TPSA) is 82.6 Å². The second kappa shape index (κ2) is 11.4. The van der Waals surface area contributed by atoms with Gasteiger partial charge >= 0.3 is 0 Å². The molecule has 7 nitrogen and oxygen atoms in total. The molecule has 0 fully saturated rings. The Morgan fingerprint density at radius 1 is 0.771 bits per heavy atom. The van der Waals surface area contributed by atoms with E-state index in [9.17, 15) is 4.79 Å². The van der Waals surface area contributed by atoms with Crippen molar-refractivity contribution in [3.05, 3.63) is 78.9 Å². The minimum Gasteiger partial charge on any atom is -0.493 e. The van der Waals surface area contributed by atoms with E-state index in [-0.39, 0.29) is 11.7 Å². The van der Waals surface area contributed by atoms with Crippen LogP contribution in [-0.4, -0.2) is 43.0 Å². The van der Waals surface area contributed by atoms with E-state index in [2.05, 4.69) is 5.32 Å². The van der Waals surface area contributed by atoms with Crippen molar-refractivity contribution >= 4 is 23.4 Å². The number of aromatic nitrogens is 2. The maximum Gasteiger partial charge on any atom is 0.234 e. The summed E-state index contributed by atoms with van der Waals surface area (Å²) in [6.07, 6.45) is 0. The fourth-order valence-corrected chi connectivity index (χ4v) is 4.14. The number of nitrogens with zero attached hydrogens (tertiary/aromatic N) is 2. The van der Waals surface area contributed by atoms with Crippen molar-refractivity contribution in [2.24, 2.45) is 0 Å². The van der Waals surface area contributed by atoms with E-state index in [1.165, 1.54) is 33.1 Å². The average Bonchev–Trinajstić information content (AvgIpc) is 2.92. The van der Waals surface area contributed by atoms with Gasteiger partial charge in [-0.2, -0.15) is 0 Å². The third kappa shape index (κ3) is 5.91. The van der Waals surface area contributed by atoms with Crippen molar-refractivity contribution in [2.75, 3.05) is 32.4 Å². The highest BCUT2D eigenvalue weighted by Gasteiger charge is 2.15. The number of anilines is 1. The van der Waals surface area contributed by atoms with E-state index in [4.69, 9.17) is 24.2 Å². The van der Waals surface area contributed by atoms with Gasteiger partial charge in [0.05, 0.1) is 38.5 Å². The van der Waals surface area contributed by atoms with E-state index in [0.29, 0.717) is 28.1 Å². The Kier molecular flexibility index (Phi) is 7.84. The largest absolute Gasteiger partial charge is 0.493 e. The summed E-state index contributed by atoms with van der Waals surface area (Å²) in [5.74, 6) is 1.30. The molecule has 8 heteroatoms. The Balaban J connectivity index is 1.55. The van der Waals surface area contributed by atoms with Gasteiger partial charge in [-0.25, -0.2) is 9.97 Å². The maximum atomic E-state index is 12.7. The van der Waals surface area contributed by atoms with Crippen molar-refractivity contribution in [2.45, 2.75) is 5.16 Å². The number of carbonyl (C=O) groups excluding carboxylic acids is 1. The predicted molar refractivity (Wildman–Crippen MR) is 138 cm³/mol. The summed E-state index contributed by atoms with van der Waals surface area (Å²) in [7, 11) is 4.59. The van der Waals surface area contributed by atoms with Crippen LogP contribution < -0.4 is 19.5 Å². The number of hydrogen-bond acceptors (Lipinski definition) is 7. The SMILES string of the molecule is COc1cc(NC(=O)CSc2nc(-c3ccccc3)cc(-c3ccccc3)n2)cc(OC)c1OC. The summed E-state index contributed by atoms with van der Waals surface area (Å²) in [6.45, 7) is 0. The number of amides is 1. The number of nitrogens with one attached hydrogen (secondary N) is 1. The summed E-state index contributed by atoms with van der Waals surface area (Å²) in [4.78, 5) is 22.2. The van der Waals surface area contributed by atoms with E-state index in [0.717, 1.165) is 22.5 Å². The molecule has 3 aromatic carbocycles. The molecule has 0 unspecified atom stereocenters. The van der Waals surface area contributed by atoms with Crippen LogP contribution >= 0.6 is 11.8 Å². The van der Waals surface area contributed by atoms with Gasteiger partial charge in [-0.05, 0) is 6.07 Å². The maximum absolute atomic E-state index is 12.7. The van der Waals surface area contributed by atoms with Gasteiger partial charge in [-0.1, -0.05) is 72.4 Å². The third-order valence-corrected chi connectivity index (χ3v) is 5.97. The minimum atomic E-state index is -0.209. The monoisotopic (exact) mass is 487 g/mol. The summed E-state index contributed by atoms with van der Waals surface area (Å²) in [5, 5.41) is 3.39. The molecule has 0 spiro atoms. The smallest absolute Gasteiger partial charge is 0.234 e. The normalized spacial score (nSPS) is 10.5. The molecule has 4 aromatic rings. The Hall–Kier alpha value is -4.04. The van der Waals surface area contributed by atoms with Crippen LogP contribution in [0, 0.1) is 0 Å². The Labute approximate surface area is 208 Å². The highest BCUT2D eigenvalue weighted by Crippen LogP contribution is 2.40. The van der Waals surface area contributed by atoms with Gasteiger partial charge < -0.3 is 19.5 Å². The molecule has 0 aliphatic rings. The zero-order valence-corrected chi connectivity index (χ0v) is 20.5. The van der Waals surface area contributed by atoms with Crippen LogP contribution in [-0.2, 0) is 4.79 Å². The molecule has 178 valence electrons. The summed E-state index contributed by atoms with van der Waals surface area (Å²) in [5.41, 5.74) is 4.10. The predicted octanol–water partition coefficient (Wildman–Crippen LogP) is 5.57. The number of carbonyl (C=O) groups is 1. The second-order valence-corrected chi connectivity index (χ2v) is 8.35. The Morgan fingerprint density at radius 2 is 1.29 bits per heavy atom. The van der Waals surface area contributed by atoms with Crippen LogP contribution in [0.5, 0.6) is 17.2 Å². The number of rotatable bonds is 9. The molecule has 0 atom stereocenters. The molecular formula is C27H25N3O4S. The molecule has 4 rings (SSSR count). The minimum absolute atomic E-state index is 0.128. The van der Waals surface area contributed by atoms with Gasteiger partial charge in [0.1, 0.15) is 0 Å². The zero-order valence-electron chi connectivity index (χ0n) is 19.6. The summed E-state index contributed by atoms with van der Waals surface area (Å²) in [6, 6.07) is 25.1. The lowest BCUT2D eigenvalue weighted by Gasteiger charge is -2.14. The van der Waals surface area contributed by atoms with Crippen molar-refractivity contribution in [1.29, 1.82) is 0 Å². The number of benzene rings is 3. The lowest BCUT2D eigenvalue weighted by Crippen LogP contribution is -2.14. The molecule has 1 N–H and O–H groups in total. The van der Waals surface area contributed by atoms with E-state index < -0.39 is 0 Å². The van der Waals surface area contributed by atoms with Crippen molar-refractivity contribution in [3.63, 3.8) is 0 Å². The van der Waals surface area contributed by atoms with E-state index in [1.807, 2.05) is 66.7 Å². The Bertz CT molecular complexity index is 1220. The first-order chi connectivity index (χ1) is 17.1. The van der Waals surface area contributed by atoms with Gasteiger partial charge in [0.2, 0.25) is 11.7 Å². The number of hydrogen-bond donors (Lipinski definition) is 1. The first-order valence-corrected chi connectivity index (χ1v) is 11.8. The lowest BCUT2D eigenvalue weighted by molar-refractivity contribution is -0.113. The third-order valence-electron chi connectivity index (χ3n) is 5.13. The fraction of sp³-hybridized carbons (Fsp3) is 0.148. The lowest BCUT2D eigenvalue weighted by atomic mass is 10.1. The molecule has 0 saturated carbocycles. The molecule has 35 heavy (non-hydrogen) atoms. The van der Waals surface area contributed by atoms with Crippen LogP contribution in [0.1, 0.15) is 0 Å². The molecule has 0 radical (unpaired) electrons. The number of methoxy groups -OCH3 is 3. The highest BCUT2D eigenvalue weighted by atomic mass is 32.2. The van der Waals surface area contributed by atoms with Crippen LogP contribution in [0.25, 0.3) is 22.5 Å². The summed E-state index contributed by atoms with van der Waals surface area (Å²) < 4.78 is 16.1. The van der Waals surface area contributed by atoms with Crippen LogP contribution in [0.2, 0.25) is 0 Å². The van der Waals surface area contributed by atoms with Crippen molar-refractivity contribution in [3.8, 4) is 39.8 Å². The fourth-order valence-electron chi connectivity index (χ4n) is 3.48. The van der Waals surface area contributed by atoms with E-state index in [1.54, 1.807) is 12.1 Å². The first-order valence-electron chi connectivity index (χ1n) is 10.8. The van der Waals surface area contributed by atoms with Gasteiger partial charge in [0.15, 0.2) is 16.7 Å². The van der Waals surface area contributed by atoms with Crippen LogP contribution in [0.3, 0.4) is 0 Å². The average molecular weight is 488 g/mol. The number of thioether (sulfide) groups is 1. The molecule has 1 aromatic heterocycles. The number of ether oxygens (including phenoxy) is 3. The first kappa shape index (κ1) is 24.1. The molecular weight excluding hydrogens is 462 g/mol. The van der Waals surface area contributed by atoms with Crippen LogP contribution in [0.4, 0.5) is 5.69 Å². The second-order valence-electron chi connectivity index (χ2n) is 7.40. The van der Waals surface area contributed by atoms with E-state index >= 15 is 0 Å². The molecule has 1 amide bonds. The quantitative estimate of drug-likeness (QED) is 0.244. The molecule has 0 aliphatic carbocycles. The molecule has 0 aliphatic heterocycles. The van der Waals surface area contributed by atoms with Gasteiger partial charge in [-0.3, -0.25) is 4.79 Å². The van der Waals surface area contributed by atoms with Gasteiger partial charge in [-0.15, -0.1) is 0 Å². The zero-order chi connectivity index (χ0) is 24.6.